The van der Waals surface area contributed by atoms with Crippen LogP contribution in [0.15, 0.2) is 79.0 Å². The second kappa shape index (κ2) is 10.3. The molecule has 170 valence electrons. The number of aromatic amines is 1. The Balaban J connectivity index is 1.50. The largest absolute Gasteiger partial charge is 0.493 e. The summed E-state index contributed by atoms with van der Waals surface area (Å²) in [5, 5.41) is 1.16. The van der Waals surface area contributed by atoms with Crippen LogP contribution in [0.1, 0.15) is 29.0 Å². The maximum Gasteiger partial charge on any atom is 0.223 e. The molecule has 4 rings (SSSR count). The molecule has 0 aliphatic rings. The van der Waals surface area contributed by atoms with Gasteiger partial charge in [-0.05, 0) is 41.3 Å². The number of nitrogens with one attached hydrogen (secondary N) is 1. The van der Waals surface area contributed by atoms with Crippen LogP contribution in [0.5, 0.6) is 11.5 Å². The van der Waals surface area contributed by atoms with Crippen LogP contribution in [-0.2, 0) is 11.2 Å². The monoisotopic (exact) mass is 442 g/mol. The molecule has 1 amide bonds. The molecular weight excluding hydrogens is 412 g/mol. The van der Waals surface area contributed by atoms with Crippen LogP contribution in [0.4, 0.5) is 0 Å². The Morgan fingerprint density at radius 3 is 2.42 bits per heavy atom. The Kier molecular flexibility index (Phi) is 6.98. The first-order valence-corrected chi connectivity index (χ1v) is 11.2. The molecule has 0 saturated carbocycles. The average molecular weight is 443 g/mol. The van der Waals surface area contributed by atoms with Gasteiger partial charge in [0.05, 0.1) is 14.2 Å². The number of rotatable bonds is 9. The van der Waals surface area contributed by atoms with Crippen LogP contribution in [0.2, 0.25) is 0 Å². The summed E-state index contributed by atoms with van der Waals surface area (Å²) >= 11 is 0. The minimum Gasteiger partial charge on any atom is -0.493 e. The number of aromatic nitrogens is 1. The standard InChI is InChI=1S/C28H30N2O3/c1-30(16-15-20-13-14-26(32-2)27(17-20)33-3)28(31)18-23(21-9-5-4-6-10-21)24-19-29-25-12-8-7-11-22(24)25/h4-14,17,19,23,29H,15-16,18H2,1-3H3. The van der Waals surface area contributed by atoms with Gasteiger partial charge >= 0.3 is 0 Å². The van der Waals surface area contributed by atoms with Gasteiger partial charge in [0.1, 0.15) is 0 Å². The summed E-state index contributed by atoms with van der Waals surface area (Å²) in [5.74, 6) is 1.51. The Hall–Kier alpha value is -3.73. The van der Waals surface area contributed by atoms with E-state index in [1.165, 1.54) is 0 Å². The first-order valence-electron chi connectivity index (χ1n) is 11.2. The summed E-state index contributed by atoms with van der Waals surface area (Å²) in [5.41, 5.74) is 4.48. The van der Waals surface area contributed by atoms with Crippen molar-refractivity contribution >= 4 is 16.8 Å². The van der Waals surface area contributed by atoms with Crippen molar-refractivity contribution < 1.29 is 14.3 Å². The van der Waals surface area contributed by atoms with Crippen LogP contribution < -0.4 is 9.47 Å². The molecule has 0 fully saturated rings. The van der Waals surface area contributed by atoms with E-state index in [0.29, 0.717) is 24.5 Å². The van der Waals surface area contributed by atoms with Gasteiger partial charge in [0.2, 0.25) is 5.91 Å². The summed E-state index contributed by atoms with van der Waals surface area (Å²) in [6, 6.07) is 24.4. The van der Waals surface area contributed by atoms with E-state index in [1.807, 2.05) is 66.7 Å². The molecule has 3 aromatic carbocycles. The fourth-order valence-electron chi connectivity index (χ4n) is 4.26. The number of nitrogens with zero attached hydrogens (tertiary/aromatic N) is 1. The lowest BCUT2D eigenvalue weighted by molar-refractivity contribution is -0.130. The maximum absolute atomic E-state index is 13.3. The van der Waals surface area contributed by atoms with Crippen molar-refractivity contribution in [1.82, 2.24) is 9.88 Å². The molecule has 1 heterocycles. The van der Waals surface area contributed by atoms with Crippen molar-refractivity contribution in [1.29, 1.82) is 0 Å². The second-order valence-corrected chi connectivity index (χ2v) is 8.21. The highest BCUT2D eigenvalue weighted by molar-refractivity contribution is 5.86. The van der Waals surface area contributed by atoms with Crippen LogP contribution in [0.3, 0.4) is 0 Å². The quantitative estimate of drug-likeness (QED) is 0.377. The molecule has 1 N–H and O–H groups in total. The molecule has 0 bridgehead atoms. The van der Waals surface area contributed by atoms with E-state index in [1.54, 1.807) is 14.2 Å². The number of hydrogen-bond donors (Lipinski definition) is 1. The smallest absolute Gasteiger partial charge is 0.223 e. The van der Waals surface area contributed by atoms with Gasteiger partial charge in [-0.25, -0.2) is 0 Å². The predicted octanol–water partition coefficient (Wildman–Crippen LogP) is 5.41. The number of hydrogen-bond acceptors (Lipinski definition) is 3. The lowest BCUT2D eigenvalue weighted by Gasteiger charge is -2.22. The van der Waals surface area contributed by atoms with Crippen LogP contribution in [-0.4, -0.2) is 43.6 Å². The number of para-hydroxylation sites is 1. The highest BCUT2D eigenvalue weighted by Gasteiger charge is 2.23. The van der Waals surface area contributed by atoms with Gasteiger partial charge in [0.25, 0.3) is 0 Å². The third kappa shape index (κ3) is 5.03. The highest BCUT2D eigenvalue weighted by atomic mass is 16.5. The number of ether oxygens (including phenoxy) is 2. The second-order valence-electron chi connectivity index (χ2n) is 8.21. The Morgan fingerprint density at radius 2 is 1.67 bits per heavy atom. The van der Waals surface area contributed by atoms with Gasteiger partial charge in [0, 0.05) is 43.0 Å². The number of methoxy groups -OCH3 is 2. The first kappa shape index (κ1) is 22.5. The molecule has 0 saturated heterocycles. The average Bonchev–Trinajstić information content (AvgIpc) is 3.29. The molecule has 33 heavy (non-hydrogen) atoms. The summed E-state index contributed by atoms with van der Waals surface area (Å²) in [6.07, 6.45) is 3.19. The third-order valence-electron chi connectivity index (χ3n) is 6.19. The summed E-state index contributed by atoms with van der Waals surface area (Å²) in [6.45, 7) is 0.629. The van der Waals surface area contributed by atoms with Crippen molar-refractivity contribution in [3.05, 3.63) is 95.7 Å². The molecule has 5 heteroatoms. The number of likely N-dealkylation sites (N-methyl/N-ethyl adjacent to an activating group) is 1. The van der Waals surface area contributed by atoms with Crippen molar-refractivity contribution in [2.24, 2.45) is 0 Å². The molecule has 0 spiro atoms. The minimum atomic E-state index is -0.0154. The Labute approximate surface area is 195 Å². The van der Waals surface area contributed by atoms with E-state index in [9.17, 15) is 4.79 Å². The predicted molar refractivity (Wildman–Crippen MR) is 132 cm³/mol. The number of amides is 1. The summed E-state index contributed by atoms with van der Waals surface area (Å²) < 4.78 is 10.7. The Morgan fingerprint density at radius 1 is 0.939 bits per heavy atom. The Bertz CT molecular complexity index is 1220. The van der Waals surface area contributed by atoms with Crippen molar-refractivity contribution in [3.8, 4) is 11.5 Å². The first-order chi connectivity index (χ1) is 16.1. The lowest BCUT2D eigenvalue weighted by atomic mass is 9.88. The van der Waals surface area contributed by atoms with E-state index in [0.717, 1.165) is 34.0 Å². The SMILES string of the molecule is COc1ccc(CCN(C)C(=O)CC(c2ccccc2)c2c[nH]c3ccccc23)cc1OC. The maximum atomic E-state index is 13.3. The zero-order chi connectivity index (χ0) is 23.2. The number of H-pyrrole nitrogens is 1. The molecule has 1 atom stereocenters. The van der Waals surface area contributed by atoms with E-state index in [-0.39, 0.29) is 11.8 Å². The van der Waals surface area contributed by atoms with Gasteiger partial charge in [0.15, 0.2) is 11.5 Å². The zero-order valence-electron chi connectivity index (χ0n) is 19.4. The topological polar surface area (TPSA) is 54.6 Å². The molecule has 0 radical (unpaired) electrons. The normalized spacial score (nSPS) is 11.8. The molecule has 5 nitrogen and oxygen atoms in total. The van der Waals surface area contributed by atoms with Crippen molar-refractivity contribution in [2.75, 3.05) is 27.8 Å². The fourth-order valence-corrected chi connectivity index (χ4v) is 4.26. The van der Waals surface area contributed by atoms with Crippen LogP contribution in [0.25, 0.3) is 10.9 Å². The molecule has 1 aromatic heterocycles. The minimum absolute atomic E-state index is 0.0154. The van der Waals surface area contributed by atoms with Gasteiger partial charge in [-0.1, -0.05) is 54.6 Å². The van der Waals surface area contributed by atoms with Gasteiger partial charge in [-0.3, -0.25) is 4.79 Å². The van der Waals surface area contributed by atoms with Gasteiger partial charge in [-0.15, -0.1) is 0 Å². The van der Waals surface area contributed by atoms with Crippen LogP contribution in [0, 0.1) is 0 Å². The number of fused-ring (bicyclic) bond motifs is 1. The zero-order valence-corrected chi connectivity index (χ0v) is 19.4. The summed E-state index contributed by atoms with van der Waals surface area (Å²) in [4.78, 5) is 18.5. The van der Waals surface area contributed by atoms with Crippen molar-refractivity contribution in [2.45, 2.75) is 18.8 Å². The molecule has 0 aliphatic heterocycles. The highest BCUT2D eigenvalue weighted by Crippen LogP contribution is 2.34. The third-order valence-corrected chi connectivity index (χ3v) is 6.19. The number of carbonyl (C=O) groups is 1. The van der Waals surface area contributed by atoms with E-state index < -0.39 is 0 Å². The van der Waals surface area contributed by atoms with Gasteiger partial charge < -0.3 is 19.4 Å². The lowest BCUT2D eigenvalue weighted by Crippen LogP contribution is -2.30. The van der Waals surface area contributed by atoms with Crippen molar-refractivity contribution in [3.63, 3.8) is 0 Å². The molecular formula is C28H30N2O3. The number of carbonyl (C=O) groups excluding carboxylic acids is 1. The van der Waals surface area contributed by atoms with Gasteiger partial charge in [-0.2, -0.15) is 0 Å². The van der Waals surface area contributed by atoms with E-state index in [4.69, 9.17) is 9.47 Å². The van der Waals surface area contributed by atoms with Crippen LogP contribution >= 0.6 is 0 Å². The van der Waals surface area contributed by atoms with E-state index >= 15 is 0 Å². The summed E-state index contributed by atoms with van der Waals surface area (Å²) in [7, 11) is 5.13. The number of benzene rings is 3. The molecule has 1 unspecified atom stereocenters. The molecule has 4 aromatic rings. The molecule has 0 aliphatic carbocycles. The van der Waals surface area contributed by atoms with E-state index in [2.05, 4.69) is 29.2 Å². The fraction of sp³-hybridized carbons (Fsp3) is 0.250.